The first kappa shape index (κ1) is 14.5. The van der Waals surface area contributed by atoms with Crippen molar-refractivity contribution in [2.75, 3.05) is 0 Å². The van der Waals surface area contributed by atoms with E-state index in [9.17, 15) is 9.59 Å². The van der Waals surface area contributed by atoms with Gasteiger partial charge in [0.25, 0.3) is 0 Å². The molecule has 0 bridgehead atoms. The molecular formula is C12H10N2O4S2. The van der Waals surface area contributed by atoms with Gasteiger partial charge in [0.2, 0.25) is 0 Å². The molecule has 0 aliphatic carbocycles. The smallest absolute Gasteiger partial charge is 0.337 e. The summed E-state index contributed by atoms with van der Waals surface area (Å²) >= 11 is 2.59. The normalized spacial score (nSPS) is 10.4. The Kier molecular flexibility index (Phi) is 4.35. The molecule has 0 radical (unpaired) electrons. The van der Waals surface area contributed by atoms with Gasteiger partial charge in [-0.3, -0.25) is 4.79 Å². The Morgan fingerprint density at radius 2 is 2.10 bits per heavy atom. The van der Waals surface area contributed by atoms with Gasteiger partial charge in [-0.2, -0.15) is 0 Å². The molecule has 0 unspecified atom stereocenters. The van der Waals surface area contributed by atoms with Gasteiger partial charge in [0.15, 0.2) is 4.34 Å². The lowest BCUT2D eigenvalue weighted by atomic mass is 10.3. The second-order valence-corrected chi connectivity index (χ2v) is 6.20. The first-order chi connectivity index (χ1) is 9.45. The fraction of sp³-hybridized carbons (Fsp3) is 0.167. The average Bonchev–Trinajstić information content (AvgIpc) is 2.69. The van der Waals surface area contributed by atoms with Gasteiger partial charge in [-0.05, 0) is 30.8 Å². The third-order valence-electron chi connectivity index (χ3n) is 2.36. The maximum Gasteiger partial charge on any atom is 0.337 e. The van der Waals surface area contributed by atoms with Crippen molar-refractivity contribution in [3.8, 4) is 0 Å². The molecule has 0 fully saturated rings. The van der Waals surface area contributed by atoms with Crippen LogP contribution in [0.4, 0.5) is 0 Å². The number of carboxylic acids is 2. The van der Waals surface area contributed by atoms with E-state index in [0.29, 0.717) is 19.9 Å². The van der Waals surface area contributed by atoms with Gasteiger partial charge < -0.3 is 10.2 Å². The van der Waals surface area contributed by atoms with Crippen LogP contribution in [0.1, 0.15) is 20.9 Å². The minimum atomic E-state index is -1.03. The maximum absolute atomic E-state index is 10.7. The summed E-state index contributed by atoms with van der Waals surface area (Å²) in [6.07, 6.45) is 1.23. The molecule has 0 aliphatic heterocycles. The van der Waals surface area contributed by atoms with E-state index in [-0.39, 0.29) is 12.0 Å². The minimum Gasteiger partial charge on any atom is -0.481 e. The number of aromatic carboxylic acids is 1. The predicted molar refractivity (Wildman–Crippen MR) is 73.5 cm³/mol. The van der Waals surface area contributed by atoms with Crippen LogP contribution in [0.5, 0.6) is 0 Å². The van der Waals surface area contributed by atoms with E-state index in [1.54, 1.807) is 13.0 Å². The van der Waals surface area contributed by atoms with Crippen molar-refractivity contribution in [3.05, 3.63) is 34.5 Å². The summed E-state index contributed by atoms with van der Waals surface area (Å²) in [6.45, 7) is 1.76. The fourth-order valence-electron chi connectivity index (χ4n) is 1.40. The lowest BCUT2D eigenvalue weighted by molar-refractivity contribution is -0.136. The molecule has 2 heterocycles. The van der Waals surface area contributed by atoms with Crippen LogP contribution in [-0.2, 0) is 11.2 Å². The van der Waals surface area contributed by atoms with E-state index in [0.717, 1.165) is 0 Å². The van der Waals surface area contributed by atoms with E-state index in [2.05, 4.69) is 9.97 Å². The number of rotatable bonds is 5. The largest absolute Gasteiger partial charge is 0.481 e. The number of carboxylic acid groups (broad SMARTS) is 2. The van der Waals surface area contributed by atoms with Gasteiger partial charge >= 0.3 is 11.9 Å². The van der Waals surface area contributed by atoms with Crippen molar-refractivity contribution in [2.24, 2.45) is 0 Å². The van der Waals surface area contributed by atoms with Crippen LogP contribution in [-0.4, -0.2) is 32.1 Å². The second-order valence-electron chi connectivity index (χ2n) is 3.85. The van der Waals surface area contributed by atoms with Crippen molar-refractivity contribution in [1.82, 2.24) is 9.97 Å². The van der Waals surface area contributed by atoms with Gasteiger partial charge in [-0.1, -0.05) is 0 Å². The molecule has 6 nitrogen and oxygen atoms in total. The van der Waals surface area contributed by atoms with Crippen LogP contribution in [0.3, 0.4) is 0 Å². The third kappa shape index (κ3) is 3.55. The molecule has 0 amide bonds. The van der Waals surface area contributed by atoms with Crippen LogP contribution in [0, 0.1) is 6.92 Å². The van der Waals surface area contributed by atoms with E-state index in [1.807, 2.05) is 0 Å². The Labute approximate surface area is 122 Å². The molecule has 0 saturated heterocycles. The number of aliphatic carboxylic acids is 1. The van der Waals surface area contributed by atoms with Crippen molar-refractivity contribution < 1.29 is 19.8 Å². The summed E-state index contributed by atoms with van der Waals surface area (Å²) in [5.41, 5.74) is 0.818. The Hall–Kier alpha value is -1.93. The molecule has 0 aliphatic rings. The Bertz CT molecular complexity index is 652. The van der Waals surface area contributed by atoms with Gasteiger partial charge in [-0.15, -0.1) is 11.3 Å². The highest BCUT2D eigenvalue weighted by Crippen LogP contribution is 2.32. The minimum absolute atomic E-state index is 0.0462. The quantitative estimate of drug-likeness (QED) is 0.874. The number of hydrogen-bond donors (Lipinski definition) is 2. The van der Waals surface area contributed by atoms with Crippen molar-refractivity contribution in [3.63, 3.8) is 0 Å². The first-order valence-corrected chi connectivity index (χ1v) is 7.14. The second kappa shape index (κ2) is 6.02. The van der Waals surface area contributed by atoms with Crippen molar-refractivity contribution >= 4 is 35.0 Å². The van der Waals surface area contributed by atoms with E-state index >= 15 is 0 Å². The van der Waals surface area contributed by atoms with Gasteiger partial charge in [0, 0.05) is 11.1 Å². The van der Waals surface area contributed by atoms with Crippen LogP contribution in [0.2, 0.25) is 0 Å². The highest BCUT2D eigenvalue weighted by Gasteiger charge is 2.12. The van der Waals surface area contributed by atoms with Crippen molar-refractivity contribution in [1.29, 1.82) is 0 Å². The monoisotopic (exact) mass is 310 g/mol. The molecule has 2 aromatic heterocycles. The Morgan fingerprint density at radius 3 is 2.65 bits per heavy atom. The van der Waals surface area contributed by atoms with Crippen molar-refractivity contribution in [2.45, 2.75) is 22.7 Å². The zero-order chi connectivity index (χ0) is 14.7. The van der Waals surface area contributed by atoms with E-state index < -0.39 is 11.9 Å². The third-order valence-corrected chi connectivity index (χ3v) is 4.53. The zero-order valence-corrected chi connectivity index (χ0v) is 12.0. The molecular weight excluding hydrogens is 300 g/mol. The molecule has 0 atom stereocenters. The summed E-state index contributed by atoms with van der Waals surface area (Å²) in [7, 11) is 0. The average molecular weight is 310 g/mol. The molecule has 2 N–H and O–H groups in total. The summed E-state index contributed by atoms with van der Waals surface area (Å²) in [6, 6.07) is 3.07. The Balaban J connectivity index is 2.13. The van der Waals surface area contributed by atoms with Crippen LogP contribution >= 0.6 is 23.1 Å². The number of nitrogens with zero attached hydrogens (tertiary/aromatic N) is 2. The fourth-order valence-corrected chi connectivity index (χ4v) is 3.51. The lowest BCUT2D eigenvalue weighted by Crippen LogP contribution is -1.99. The van der Waals surface area contributed by atoms with Crippen LogP contribution in [0.15, 0.2) is 27.7 Å². The molecule has 8 heteroatoms. The number of aromatic nitrogens is 2. The molecule has 104 valence electrons. The number of hydrogen-bond acceptors (Lipinski definition) is 6. The SMILES string of the molecule is Cc1nc(Sc2ccc(C(=O)O)cn2)sc1CC(=O)O. The first-order valence-electron chi connectivity index (χ1n) is 5.51. The van der Waals surface area contributed by atoms with E-state index in [1.165, 1.54) is 35.4 Å². The molecule has 0 aromatic carbocycles. The summed E-state index contributed by atoms with van der Waals surface area (Å²) < 4.78 is 0.689. The van der Waals surface area contributed by atoms with Gasteiger partial charge in [0.05, 0.1) is 17.7 Å². The number of carbonyl (C=O) groups is 2. The highest BCUT2D eigenvalue weighted by atomic mass is 32.2. The molecule has 2 rings (SSSR count). The highest BCUT2D eigenvalue weighted by molar-refractivity contribution is 8.01. The van der Waals surface area contributed by atoms with Gasteiger partial charge in [0.1, 0.15) is 5.03 Å². The predicted octanol–water partition coefficient (Wildman–Crippen LogP) is 2.32. The summed E-state index contributed by atoms with van der Waals surface area (Å²) in [5, 5.41) is 18.2. The molecule has 0 saturated carbocycles. The molecule has 0 spiro atoms. The van der Waals surface area contributed by atoms with E-state index in [4.69, 9.17) is 10.2 Å². The summed E-state index contributed by atoms with van der Waals surface area (Å²) in [4.78, 5) is 30.4. The standard InChI is InChI=1S/C12H10N2O4S2/c1-6-8(4-10(15)16)19-12(14-6)20-9-3-2-7(5-13-9)11(17)18/h2-3,5H,4H2,1H3,(H,15,16)(H,17,18). The van der Waals surface area contributed by atoms with Crippen LogP contribution < -0.4 is 0 Å². The Morgan fingerprint density at radius 1 is 1.35 bits per heavy atom. The maximum atomic E-state index is 10.7. The van der Waals surface area contributed by atoms with Gasteiger partial charge in [-0.25, -0.2) is 14.8 Å². The lowest BCUT2D eigenvalue weighted by Gasteiger charge is -1.97. The molecule has 2 aromatic rings. The number of pyridine rings is 1. The zero-order valence-electron chi connectivity index (χ0n) is 10.4. The number of thiazole rings is 1. The molecule has 20 heavy (non-hydrogen) atoms. The van der Waals surface area contributed by atoms with Crippen LogP contribution in [0.25, 0.3) is 0 Å². The summed E-state index contributed by atoms with van der Waals surface area (Å²) in [5.74, 6) is -1.92. The number of aryl methyl sites for hydroxylation is 1. The topological polar surface area (TPSA) is 100 Å².